The van der Waals surface area contributed by atoms with Gasteiger partial charge in [0.1, 0.15) is 0 Å². The van der Waals surface area contributed by atoms with Gasteiger partial charge in [-0.15, -0.1) is 0 Å². The Hall–Kier alpha value is -1.42. The van der Waals surface area contributed by atoms with Crippen molar-refractivity contribution < 1.29 is 4.79 Å². The summed E-state index contributed by atoms with van der Waals surface area (Å²) in [6.07, 6.45) is 1.75. The number of hydrogen-bond donors (Lipinski definition) is 0. The summed E-state index contributed by atoms with van der Waals surface area (Å²) in [5.41, 5.74) is 0.512. The Morgan fingerprint density at radius 3 is 2.35 bits per heavy atom. The van der Waals surface area contributed by atoms with E-state index in [-0.39, 0.29) is 16.9 Å². The van der Waals surface area contributed by atoms with E-state index in [1.165, 1.54) is 6.92 Å². The first-order chi connectivity index (χ1) is 9.39. The summed E-state index contributed by atoms with van der Waals surface area (Å²) < 4.78 is 1.63. The van der Waals surface area contributed by atoms with Crippen LogP contribution in [0.3, 0.4) is 0 Å². The highest BCUT2D eigenvalue weighted by atomic mass is 16.1. The van der Waals surface area contributed by atoms with Crippen molar-refractivity contribution >= 4 is 5.78 Å². The first-order valence-electron chi connectivity index (χ1n) is 7.32. The standard InChI is InChI=1S/C14H20N2O2.C2H6/c1-11(17)12-5-4-6-16(13(12)18)8-7-15-9-14(2,3)10-15;1-2/h4-6H,7-10H2,1-3H3;1-2H3. The molecule has 1 aromatic heterocycles. The summed E-state index contributed by atoms with van der Waals surface area (Å²) >= 11 is 0. The fraction of sp³-hybridized carbons (Fsp3) is 0.625. The lowest BCUT2D eigenvalue weighted by molar-refractivity contribution is 0.0283. The van der Waals surface area contributed by atoms with Gasteiger partial charge in [0.2, 0.25) is 0 Å². The van der Waals surface area contributed by atoms with E-state index in [4.69, 9.17) is 0 Å². The Morgan fingerprint density at radius 2 is 1.85 bits per heavy atom. The van der Waals surface area contributed by atoms with Crippen molar-refractivity contribution in [1.82, 2.24) is 9.47 Å². The molecule has 0 aliphatic carbocycles. The van der Waals surface area contributed by atoms with Crippen LogP contribution in [0, 0.1) is 5.41 Å². The van der Waals surface area contributed by atoms with E-state index in [0.717, 1.165) is 19.6 Å². The van der Waals surface area contributed by atoms with Crippen LogP contribution in [0.15, 0.2) is 23.1 Å². The molecule has 0 amide bonds. The molecule has 0 bridgehead atoms. The summed E-state index contributed by atoms with van der Waals surface area (Å²) in [4.78, 5) is 25.6. The van der Waals surface area contributed by atoms with Gasteiger partial charge in [0.15, 0.2) is 5.78 Å². The molecule has 0 N–H and O–H groups in total. The maximum absolute atomic E-state index is 12.0. The Kier molecular flexibility index (Phi) is 5.69. The van der Waals surface area contributed by atoms with Crippen LogP contribution in [-0.2, 0) is 6.54 Å². The molecule has 1 fully saturated rings. The second kappa shape index (κ2) is 6.84. The lowest BCUT2D eigenvalue weighted by atomic mass is 9.84. The maximum atomic E-state index is 12.0. The summed E-state index contributed by atoms with van der Waals surface area (Å²) in [5, 5.41) is 0. The van der Waals surface area contributed by atoms with Crippen molar-refractivity contribution in [2.24, 2.45) is 5.41 Å². The maximum Gasteiger partial charge on any atom is 0.261 e. The molecular formula is C16H26N2O2. The first kappa shape index (κ1) is 16.6. The molecule has 0 atom stereocenters. The van der Waals surface area contributed by atoms with Gasteiger partial charge in [-0.05, 0) is 24.5 Å². The van der Waals surface area contributed by atoms with E-state index in [0.29, 0.717) is 12.0 Å². The van der Waals surface area contributed by atoms with Crippen LogP contribution in [0.2, 0.25) is 0 Å². The summed E-state index contributed by atoms with van der Waals surface area (Å²) in [6, 6.07) is 3.35. The highest BCUT2D eigenvalue weighted by Crippen LogP contribution is 2.27. The average Bonchev–Trinajstić information content (AvgIpc) is 2.37. The van der Waals surface area contributed by atoms with E-state index in [2.05, 4.69) is 18.7 Å². The summed E-state index contributed by atoms with van der Waals surface area (Å²) in [7, 11) is 0. The number of rotatable bonds is 4. The molecule has 0 saturated carbocycles. The van der Waals surface area contributed by atoms with Gasteiger partial charge in [-0.3, -0.25) is 9.59 Å². The van der Waals surface area contributed by atoms with E-state index in [9.17, 15) is 9.59 Å². The summed E-state index contributed by atoms with van der Waals surface area (Å²) in [5.74, 6) is -0.167. The molecule has 20 heavy (non-hydrogen) atoms. The number of Topliss-reactive ketones (excluding diaryl/α,β-unsaturated/α-hetero) is 1. The predicted molar refractivity (Wildman–Crippen MR) is 82.3 cm³/mol. The van der Waals surface area contributed by atoms with E-state index < -0.39 is 0 Å². The van der Waals surface area contributed by atoms with Gasteiger partial charge in [-0.25, -0.2) is 0 Å². The van der Waals surface area contributed by atoms with Crippen LogP contribution in [0.25, 0.3) is 0 Å². The van der Waals surface area contributed by atoms with Gasteiger partial charge >= 0.3 is 0 Å². The van der Waals surface area contributed by atoms with Crippen LogP contribution in [0.1, 0.15) is 45.0 Å². The second-order valence-electron chi connectivity index (χ2n) is 5.85. The Balaban J connectivity index is 0.000000956. The zero-order chi connectivity index (χ0) is 15.3. The minimum Gasteiger partial charge on any atom is -0.314 e. The first-order valence-corrected chi connectivity index (χ1v) is 7.32. The van der Waals surface area contributed by atoms with Crippen molar-refractivity contribution in [3.05, 3.63) is 34.2 Å². The van der Waals surface area contributed by atoms with Crippen molar-refractivity contribution in [2.75, 3.05) is 19.6 Å². The highest BCUT2D eigenvalue weighted by molar-refractivity contribution is 5.93. The molecule has 4 heteroatoms. The van der Waals surface area contributed by atoms with Crippen molar-refractivity contribution in [1.29, 1.82) is 0 Å². The Bertz CT molecular complexity index is 509. The molecule has 1 aliphatic heterocycles. The fourth-order valence-corrected chi connectivity index (χ4v) is 2.55. The van der Waals surface area contributed by atoms with E-state index in [1.54, 1.807) is 22.9 Å². The summed E-state index contributed by atoms with van der Waals surface area (Å²) in [6.45, 7) is 13.6. The molecule has 0 unspecified atom stereocenters. The van der Waals surface area contributed by atoms with Crippen molar-refractivity contribution in [3.8, 4) is 0 Å². The molecule has 1 aliphatic rings. The van der Waals surface area contributed by atoms with Gasteiger partial charge in [-0.2, -0.15) is 0 Å². The van der Waals surface area contributed by atoms with Gasteiger partial charge in [0.25, 0.3) is 5.56 Å². The Morgan fingerprint density at radius 1 is 1.25 bits per heavy atom. The quantitative estimate of drug-likeness (QED) is 0.794. The van der Waals surface area contributed by atoms with Gasteiger partial charge < -0.3 is 9.47 Å². The molecule has 0 spiro atoms. The number of carbonyl (C=O) groups is 1. The zero-order valence-corrected chi connectivity index (χ0v) is 13.3. The molecule has 2 rings (SSSR count). The Labute approximate surface area is 121 Å². The minimum absolute atomic E-state index is 0.167. The molecule has 4 nitrogen and oxygen atoms in total. The van der Waals surface area contributed by atoms with Crippen LogP contribution in [0.5, 0.6) is 0 Å². The van der Waals surface area contributed by atoms with Crippen LogP contribution in [0.4, 0.5) is 0 Å². The molecule has 1 saturated heterocycles. The fourth-order valence-electron chi connectivity index (χ4n) is 2.55. The minimum atomic E-state index is -0.176. The molecule has 1 aromatic rings. The third-order valence-corrected chi connectivity index (χ3v) is 3.36. The largest absolute Gasteiger partial charge is 0.314 e. The van der Waals surface area contributed by atoms with Crippen molar-refractivity contribution in [3.63, 3.8) is 0 Å². The van der Waals surface area contributed by atoms with Gasteiger partial charge in [0.05, 0.1) is 5.56 Å². The van der Waals surface area contributed by atoms with Crippen LogP contribution >= 0.6 is 0 Å². The highest BCUT2D eigenvalue weighted by Gasteiger charge is 2.33. The molecular weight excluding hydrogens is 252 g/mol. The van der Waals surface area contributed by atoms with Gasteiger partial charge in [0, 0.05) is 32.4 Å². The smallest absolute Gasteiger partial charge is 0.261 e. The van der Waals surface area contributed by atoms with Gasteiger partial charge in [-0.1, -0.05) is 27.7 Å². The average molecular weight is 278 g/mol. The van der Waals surface area contributed by atoms with E-state index >= 15 is 0 Å². The number of pyridine rings is 1. The number of nitrogens with zero attached hydrogens (tertiary/aromatic N) is 2. The lowest BCUT2D eigenvalue weighted by Crippen LogP contribution is -2.53. The SMILES string of the molecule is CC.CC(=O)c1cccn(CCN2CC(C)(C)C2)c1=O. The molecule has 2 heterocycles. The molecule has 0 radical (unpaired) electrons. The number of aromatic nitrogens is 1. The molecule has 0 aromatic carbocycles. The number of likely N-dealkylation sites (tertiary alicyclic amines) is 1. The second-order valence-corrected chi connectivity index (χ2v) is 5.85. The zero-order valence-electron chi connectivity index (χ0n) is 13.3. The monoisotopic (exact) mass is 278 g/mol. The van der Waals surface area contributed by atoms with Crippen LogP contribution in [-0.4, -0.2) is 34.9 Å². The normalized spacial score (nSPS) is 16.9. The molecule has 112 valence electrons. The third-order valence-electron chi connectivity index (χ3n) is 3.36. The third kappa shape index (κ3) is 4.04. The lowest BCUT2D eigenvalue weighted by Gasteiger charge is -2.46. The predicted octanol–water partition coefficient (Wildman–Crippen LogP) is 2.42. The number of hydrogen-bond acceptors (Lipinski definition) is 3. The van der Waals surface area contributed by atoms with Crippen molar-refractivity contribution in [2.45, 2.75) is 41.2 Å². The number of ketones is 1. The van der Waals surface area contributed by atoms with Crippen LogP contribution < -0.4 is 5.56 Å². The topological polar surface area (TPSA) is 42.3 Å². The van der Waals surface area contributed by atoms with E-state index in [1.807, 2.05) is 13.8 Å². The number of carbonyl (C=O) groups excluding carboxylic acids is 1.